The Morgan fingerprint density at radius 3 is 2.37 bits per heavy atom. The lowest BCUT2D eigenvalue weighted by Gasteiger charge is -2.40. The molecule has 4 rings (SSSR count). The van der Waals surface area contributed by atoms with Gasteiger partial charge in [-0.15, -0.1) is 0 Å². The lowest BCUT2D eigenvalue weighted by atomic mass is 9.98. The van der Waals surface area contributed by atoms with Crippen LogP contribution in [0.3, 0.4) is 0 Å². The molecule has 1 aliphatic heterocycles. The van der Waals surface area contributed by atoms with Crippen molar-refractivity contribution in [3.05, 3.63) is 83.4 Å². The average Bonchev–Trinajstić information content (AvgIpc) is 3.19. The second kappa shape index (κ2) is 7.44. The van der Waals surface area contributed by atoms with Gasteiger partial charge in [0.2, 0.25) is 0 Å². The summed E-state index contributed by atoms with van der Waals surface area (Å²) in [5.41, 5.74) is 1.85. The first kappa shape index (κ1) is 17.6. The zero-order valence-electron chi connectivity index (χ0n) is 14.6. The third kappa shape index (κ3) is 3.55. The van der Waals surface area contributed by atoms with E-state index < -0.39 is 11.6 Å². The fourth-order valence-corrected chi connectivity index (χ4v) is 3.65. The van der Waals surface area contributed by atoms with Crippen LogP contribution in [-0.2, 0) is 0 Å². The summed E-state index contributed by atoms with van der Waals surface area (Å²) in [5, 5.41) is 6.80. The van der Waals surface area contributed by atoms with Gasteiger partial charge >= 0.3 is 0 Å². The minimum Gasteiger partial charge on any atom is -0.367 e. The van der Waals surface area contributed by atoms with Crippen LogP contribution in [0.5, 0.6) is 0 Å². The molecule has 1 fully saturated rings. The predicted octanol–water partition coefficient (Wildman–Crippen LogP) is 3.74. The zero-order valence-corrected chi connectivity index (χ0v) is 14.6. The highest BCUT2D eigenvalue weighted by Gasteiger charge is 2.29. The smallest absolute Gasteiger partial charge is 0.149 e. The van der Waals surface area contributed by atoms with Crippen molar-refractivity contribution in [2.75, 3.05) is 31.1 Å². The molecule has 1 N–H and O–H groups in total. The van der Waals surface area contributed by atoms with Crippen molar-refractivity contribution in [1.29, 1.82) is 0 Å². The van der Waals surface area contributed by atoms with Gasteiger partial charge < -0.3 is 4.90 Å². The Hall–Kier alpha value is -2.80. The van der Waals surface area contributed by atoms with Gasteiger partial charge in [0.05, 0.1) is 17.9 Å². The fourth-order valence-electron chi connectivity index (χ4n) is 3.65. The minimum absolute atomic E-state index is 0.268. The highest BCUT2D eigenvalue weighted by atomic mass is 19.1. The van der Waals surface area contributed by atoms with E-state index >= 15 is 0 Å². The van der Waals surface area contributed by atoms with E-state index in [1.54, 1.807) is 24.5 Å². The molecule has 0 amide bonds. The summed E-state index contributed by atoms with van der Waals surface area (Å²) < 4.78 is 41.7. The molecule has 1 aliphatic rings. The average molecular weight is 372 g/mol. The van der Waals surface area contributed by atoms with E-state index in [-0.39, 0.29) is 11.9 Å². The van der Waals surface area contributed by atoms with Gasteiger partial charge in [-0.1, -0.05) is 18.2 Å². The summed E-state index contributed by atoms with van der Waals surface area (Å²) in [6.07, 6.45) is 3.46. The molecule has 7 heteroatoms. The molecule has 1 atom stereocenters. The Kier molecular flexibility index (Phi) is 4.85. The molecule has 4 nitrogen and oxygen atoms in total. The van der Waals surface area contributed by atoms with Gasteiger partial charge in [-0.05, 0) is 18.2 Å². The van der Waals surface area contributed by atoms with Gasteiger partial charge in [-0.3, -0.25) is 10.00 Å². The van der Waals surface area contributed by atoms with E-state index in [1.807, 2.05) is 11.0 Å². The van der Waals surface area contributed by atoms with Crippen LogP contribution in [0, 0.1) is 17.5 Å². The summed E-state index contributed by atoms with van der Waals surface area (Å²) in [6.45, 7) is 2.35. The number of rotatable bonds is 4. The first-order chi connectivity index (χ1) is 13.1. The number of aromatic amines is 1. The molecule has 0 radical (unpaired) electrons. The lowest BCUT2D eigenvalue weighted by Crippen LogP contribution is -2.48. The van der Waals surface area contributed by atoms with E-state index in [9.17, 15) is 13.2 Å². The molecule has 27 heavy (non-hydrogen) atoms. The SMILES string of the molecule is Fc1ccc(N2CCN(C(c3cn[nH]c3)c3ccccc3F)CC2)c(F)c1. The maximum atomic E-state index is 14.5. The van der Waals surface area contributed by atoms with Gasteiger partial charge in [-0.25, -0.2) is 13.2 Å². The quantitative estimate of drug-likeness (QED) is 0.758. The Morgan fingerprint density at radius 1 is 0.926 bits per heavy atom. The number of H-pyrrole nitrogens is 1. The maximum Gasteiger partial charge on any atom is 0.149 e. The van der Waals surface area contributed by atoms with Crippen LogP contribution >= 0.6 is 0 Å². The van der Waals surface area contributed by atoms with E-state index in [1.165, 1.54) is 18.2 Å². The van der Waals surface area contributed by atoms with E-state index in [0.29, 0.717) is 37.4 Å². The van der Waals surface area contributed by atoms with Crippen LogP contribution in [0.4, 0.5) is 18.9 Å². The number of piperazine rings is 1. The van der Waals surface area contributed by atoms with Crippen LogP contribution < -0.4 is 4.90 Å². The number of hydrogen-bond donors (Lipinski definition) is 1. The Morgan fingerprint density at radius 2 is 1.70 bits per heavy atom. The van der Waals surface area contributed by atoms with Gasteiger partial charge in [-0.2, -0.15) is 5.10 Å². The number of aromatic nitrogens is 2. The molecule has 3 aromatic rings. The molecular weight excluding hydrogens is 353 g/mol. The molecule has 2 aromatic carbocycles. The highest BCUT2D eigenvalue weighted by Crippen LogP contribution is 2.31. The standard InChI is InChI=1S/C20H19F3N4/c21-15-5-6-19(18(23)11-15)26-7-9-27(10-8-26)20(14-12-24-25-13-14)16-3-1-2-4-17(16)22/h1-6,11-13,20H,7-10H2,(H,24,25). The van der Waals surface area contributed by atoms with Crippen molar-refractivity contribution in [1.82, 2.24) is 15.1 Å². The minimum atomic E-state index is -0.588. The van der Waals surface area contributed by atoms with Crippen molar-refractivity contribution >= 4 is 5.69 Å². The third-order valence-electron chi connectivity index (χ3n) is 4.96. The normalized spacial score (nSPS) is 16.5. The first-order valence-corrected chi connectivity index (χ1v) is 8.80. The molecule has 0 spiro atoms. The van der Waals surface area contributed by atoms with E-state index in [4.69, 9.17) is 0 Å². The number of nitrogens with zero attached hydrogens (tertiary/aromatic N) is 3. The zero-order chi connectivity index (χ0) is 18.8. The Labute approximate surface area is 155 Å². The van der Waals surface area contributed by atoms with Gasteiger partial charge in [0, 0.05) is 49.6 Å². The number of nitrogens with one attached hydrogen (secondary N) is 1. The van der Waals surface area contributed by atoms with Crippen LogP contribution in [0.25, 0.3) is 0 Å². The molecule has 2 heterocycles. The molecule has 140 valence electrons. The predicted molar refractivity (Wildman–Crippen MR) is 97.0 cm³/mol. The second-order valence-electron chi connectivity index (χ2n) is 6.57. The molecule has 0 aliphatic carbocycles. The Bertz CT molecular complexity index is 905. The summed E-state index contributed by atoms with van der Waals surface area (Å²) in [6, 6.07) is 10.1. The van der Waals surface area contributed by atoms with Crippen LogP contribution in [0.1, 0.15) is 17.2 Å². The van der Waals surface area contributed by atoms with Gasteiger partial charge in [0.25, 0.3) is 0 Å². The number of hydrogen-bond acceptors (Lipinski definition) is 3. The third-order valence-corrected chi connectivity index (χ3v) is 4.96. The second-order valence-corrected chi connectivity index (χ2v) is 6.57. The molecule has 1 saturated heterocycles. The number of benzene rings is 2. The van der Waals surface area contributed by atoms with Crippen molar-refractivity contribution < 1.29 is 13.2 Å². The van der Waals surface area contributed by atoms with E-state index in [0.717, 1.165) is 11.6 Å². The summed E-state index contributed by atoms with van der Waals surface area (Å²) in [7, 11) is 0. The summed E-state index contributed by atoms with van der Waals surface area (Å²) >= 11 is 0. The van der Waals surface area contributed by atoms with Crippen molar-refractivity contribution in [3.8, 4) is 0 Å². The Balaban J connectivity index is 1.56. The molecule has 1 aromatic heterocycles. The van der Waals surface area contributed by atoms with Crippen LogP contribution in [0.15, 0.2) is 54.9 Å². The van der Waals surface area contributed by atoms with Crippen molar-refractivity contribution in [2.45, 2.75) is 6.04 Å². The van der Waals surface area contributed by atoms with Crippen LogP contribution in [-0.4, -0.2) is 41.3 Å². The van der Waals surface area contributed by atoms with E-state index in [2.05, 4.69) is 15.1 Å². The lowest BCUT2D eigenvalue weighted by molar-refractivity contribution is 0.208. The molecular formula is C20H19F3N4. The van der Waals surface area contributed by atoms with Crippen molar-refractivity contribution in [3.63, 3.8) is 0 Å². The fraction of sp³-hybridized carbons (Fsp3) is 0.250. The maximum absolute atomic E-state index is 14.5. The topological polar surface area (TPSA) is 35.2 Å². The number of anilines is 1. The largest absolute Gasteiger partial charge is 0.367 e. The monoisotopic (exact) mass is 372 g/mol. The molecule has 0 bridgehead atoms. The first-order valence-electron chi connectivity index (χ1n) is 8.80. The summed E-state index contributed by atoms with van der Waals surface area (Å²) in [5.74, 6) is -1.42. The van der Waals surface area contributed by atoms with Gasteiger partial charge in [0.1, 0.15) is 17.5 Å². The van der Waals surface area contributed by atoms with Crippen LogP contribution in [0.2, 0.25) is 0 Å². The molecule has 1 unspecified atom stereocenters. The summed E-state index contributed by atoms with van der Waals surface area (Å²) in [4.78, 5) is 4.04. The molecule has 0 saturated carbocycles. The van der Waals surface area contributed by atoms with Gasteiger partial charge in [0.15, 0.2) is 0 Å². The van der Waals surface area contributed by atoms with Crippen molar-refractivity contribution in [2.24, 2.45) is 0 Å². The highest BCUT2D eigenvalue weighted by molar-refractivity contribution is 5.48. The number of halogens is 3.